The van der Waals surface area contributed by atoms with Crippen LogP contribution in [-0.2, 0) is 21.5 Å². The lowest BCUT2D eigenvalue weighted by Crippen LogP contribution is -2.51. The summed E-state index contributed by atoms with van der Waals surface area (Å²) in [5.41, 5.74) is 6.21. The number of aliphatic hydroxyl groups excluding tert-OH is 1. The number of amides is 3. The van der Waals surface area contributed by atoms with Crippen LogP contribution in [0.1, 0.15) is 60.3 Å². The van der Waals surface area contributed by atoms with E-state index < -0.39 is 24.0 Å². The zero-order chi connectivity index (χ0) is 30.0. The Morgan fingerprint density at radius 3 is 2.07 bits per heavy atom. The molecular weight excluding hydrogens is 520 g/mol. The molecule has 0 saturated carbocycles. The summed E-state index contributed by atoms with van der Waals surface area (Å²) < 4.78 is 0. The van der Waals surface area contributed by atoms with Crippen LogP contribution in [0.15, 0.2) is 72.8 Å². The maximum Gasteiger partial charge on any atom is 0.268 e. The van der Waals surface area contributed by atoms with Crippen molar-refractivity contribution >= 4 is 23.4 Å². The first-order chi connectivity index (χ1) is 19.5. The van der Waals surface area contributed by atoms with Crippen molar-refractivity contribution < 1.29 is 24.7 Å². The second kappa shape index (κ2) is 14.2. The molecule has 214 valence electrons. The van der Waals surface area contributed by atoms with Crippen molar-refractivity contribution in [2.45, 2.75) is 51.8 Å². The fraction of sp³-hybridized carbons (Fsp3) is 0.281. The third-order valence-corrected chi connectivity index (χ3v) is 6.24. The normalized spacial score (nSPS) is 12.3. The van der Waals surface area contributed by atoms with Crippen LogP contribution in [0.25, 0.3) is 0 Å². The van der Waals surface area contributed by atoms with Gasteiger partial charge < -0.3 is 21.1 Å². The topological polar surface area (TPSA) is 140 Å². The minimum absolute atomic E-state index is 0.0697. The quantitative estimate of drug-likeness (QED) is 0.136. The highest BCUT2D eigenvalue weighted by molar-refractivity contribution is 5.97. The first kappa shape index (κ1) is 31.0. The minimum atomic E-state index is -1.30. The number of anilines is 1. The van der Waals surface area contributed by atoms with Gasteiger partial charge >= 0.3 is 0 Å². The summed E-state index contributed by atoms with van der Waals surface area (Å²) in [5, 5.41) is 26.9. The molecule has 0 heterocycles. The molecule has 0 fully saturated rings. The molecule has 0 aliphatic carbocycles. The van der Waals surface area contributed by atoms with Crippen LogP contribution in [0.2, 0.25) is 0 Å². The van der Waals surface area contributed by atoms with Gasteiger partial charge in [-0.15, -0.1) is 0 Å². The number of hydrogen-bond acceptors (Lipinski definition) is 6. The van der Waals surface area contributed by atoms with Crippen molar-refractivity contribution in [1.29, 1.82) is 0 Å². The fourth-order valence-electron chi connectivity index (χ4n) is 3.86. The standard InChI is InChI=1S/C32H36N4O5/c1-21(37)29(31(40)36-41)35-30(39)25-14-10-22(11-15-25)8-9-23-12-16-27(17-13-23)34-28(38)20-33-19-24-6-5-7-26(18-24)32(2,3)4/h5-7,10-18,21,29,33,37,41H,19-20H2,1-4H3,(H,34,38)(H,35,39)(H,36,40). The van der Waals surface area contributed by atoms with Crippen LogP contribution in [0.3, 0.4) is 0 Å². The van der Waals surface area contributed by atoms with Crippen LogP contribution in [0.5, 0.6) is 0 Å². The van der Waals surface area contributed by atoms with Gasteiger partial charge in [-0.05, 0) is 72.0 Å². The van der Waals surface area contributed by atoms with E-state index in [-0.39, 0.29) is 23.4 Å². The van der Waals surface area contributed by atoms with E-state index in [4.69, 9.17) is 5.21 Å². The van der Waals surface area contributed by atoms with E-state index in [0.29, 0.717) is 17.8 Å². The lowest BCUT2D eigenvalue weighted by molar-refractivity contribution is -0.133. The van der Waals surface area contributed by atoms with Gasteiger partial charge in [-0.25, -0.2) is 5.48 Å². The number of nitrogens with one attached hydrogen (secondary N) is 4. The van der Waals surface area contributed by atoms with Gasteiger partial charge in [0.05, 0.1) is 12.6 Å². The monoisotopic (exact) mass is 556 g/mol. The van der Waals surface area contributed by atoms with Crippen LogP contribution in [0, 0.1) is 11.8 Å². The number of hydroxylamine groups is 1. The zero-order valence-corrected chi connectivity index (χ0v) is 23.6. The molecule has 0 spiro atoms. The van der Waals surface area contributed by atoms with E-state index in [9.17, 15) is 19.5 Å². The smallest absolute Gasteiger partial charge is 0.268 e. The number of benzene rings is 3. The van der Waals surface area contributed by atoms with Gasteiger partial charge in [-0.2, -0.15) is 0 Å². The summed E-state index contributed by atoms with van der Waals surface area (Å²) >= 11 is 0. The van der Waals surface area contributed by atoms with Crippen LogP contribution < -0.4 is 21.4 Å². The maximum absolute atomic E-state index is 12.4. The number of hydrogen-bond donors (Lipinski definition) is 6. The third-order valence-electron chi connectivity index (χ3n) is 6.24. The lowest BCUT2D eigenvalue weighted by atomic mass is 9.86. The summed E-state index contributed by atoms with van der Waals surface area (Å²) in [7, 11) is 0. The molecule has 0 bridgehead atoms. The van der Waals surface area contributed by atoms with E-state index in [1.807, 2.05) is 12.1 Å². The zero-order valence-electron chi connectivity index (χ0n) is 23.6. The predicted octanol–water partition coefficient (Wildman–Crippen LogP) is 3.10. The summed E-state index contributed by atoms with van der Waals surface area (Å²) in [6, 6.07) is 20.6. The molecule has 3 aromatic rings. The van der Waals surface area contributed by atoms with Gasteiger partial charge in [0.2, 0.25) is 5.91 Å². The van der Waals surface area contributed by atoms with E-state index in [0.717, 1.165) is 11.1 Å². The number of carbonyl (C=O) groups is 3. The van der Waals surface area contributed by atoms with Crippen LogP contribution in [-0.4, -0.2) is 46.7 Å². The van der Waals surface area contributed by atoms with Crippen molar-refractivity contribution in [1.82, 2.24) is 16.1 Å². The first-order valence-electron chi connectivity index (χ1n) is 13.2. The van der Waals surface area contributed by atoms with Crippen molar-refractivity contribution in [3.63, 3.8) is 0 Å². The SMILES string of the molecule is CC(O)C(NC(=O)c1ccc(C#Cc2ccc(NC(=O)CNCc3cccc(C(C)(C)C)c3)cc2)cc1)C(=O)NO. The Bertz CT molecular complexity index is 1420. The highest BCUT2D eigenvalue weighted by Crippen LogP contribution is 2.22. The van der Waals surface area contributed by atoms with Gasteiger partial charge in [-0.1, -0.05) is 56.9 Å². The Morgan fingerprint density at radius 2 is 1.51 bits per heavy atom. The van der Waals surface area contributed by atoms with Gasteiger partial charge in [0, 0.05) is 28.9 Å². The fourth-order valence-corrected chi connectivity index (χ4v) is 3.86. The molecule has 3 amide bonds. The molecule has 3 rings (SSSR count). The van der Waals surface area contributed by atoms with Crippen molar-refractivity contribution in [3.05, 3.63) is 101 Å². The number of carbonyl (C=O) groups excluding carboxylic acids is 3. The Balaban J connectivity index is 1.50. The lowest BCUT2D eigenvalue weighted by Gasteiger charge is -2.19. The van der Waals surface area contributed by atoms with E-state index >= 15 is 0 Å². The largest absolute Gasteiger partial charge is 0.391 e. The van der Waals surface area contributed by atoms with Crippen molar-refractivity contribution in [3.8, 4) is 11.8 Å². The molecule has 2 unspecified atom stereocenters. The molecule has 2 atom stereocenters. The van der Waals surface area contributed by atoms with Gasteiger partial charge in [0.25, 0.3) is 11.8 Å². The van der Waals surface area contributed by atoms with Gasteiger partial charge in [0.15, 0.2) is 0 Å². The second-order valence-electron chi connectivity index (χ2n) is 10.7. The van der Waals surface area contributed by atoms with E-state index in [1.54, 1.807) is 48.5 Å². The summed E-state index contributed by atoms with van der Waals surface area (Å²) in [4.78, 5) is 36.4. The molecule has 0 aromatic heterocycles. The molecule has 0 aliphatic rings. The number of aliphatic hydroxyl groups is 1. The average Bonchev–Trinajstić information content (AvgIpc) is 2.95. The molecule has 6 N–H and O–H groups in total. The highest BCUT2D eigenvalue weighted by atomic mass is 16.5. The number of rotatable bonds is 9. The molecule has 9 nitrogen and oxygen atoms in total. The van der Waals surface area contributed by atoms with Crippen molar-refractivity contribution in [2.24, 2.45) is 0 Å². The Labute approximate surface area is 240 Å². The molecule has 3 aromatic carbocycles. The van der Waals surface area contributed by atoms with Gasteiger partial charge in [-0.3, -0.25) is 19.6 Å². The maximum atomic E-state index is 12.4. The summed E-state index contributed by atoms with van der Waals surface area (Å²) in [6.45, 7) is 8.62. The molecule has 41 heavy (non-hydrogen) atoms. The first-order valence-corrected chi connectivity index (χ1v) is 13.2. The van der Waals surface area contributed by atoms with E-state index in [2.05, 4.69) is 60.7 Å². The highest BCUT2D eigenvalue weighted by Gasteiger charge is 2.25. The van der Waals surface area contributed by atoms with E-state index in [1.165, 1.54) is 18.0 Å². The average molecular weight is 557 g/mol. The molecule has 0 saturated heterocycles. The van der Waals surface area contributed by atoms with Crippen molar-refractivity contribution in [2.75, 3.05) is 11.9 Å². The molecule has 9 heteroatoms. The third kappa shape index (κ3) is 9.58. The van der Waals surface area contributed by atoms with Crippen LogP contribution >= 0.6 is 0 Å². The second-order valence-corrected chi connectivity index (χ2v) is 10.7. The van der Waals surface area contributed by atoms with Crippen LogP contribution in [0.4, 0.5) is 5.69 Å². The Kier molecular flexibility index (Phi) is 10.8. The summed E-state index contributed by atoms with van der Waals surface area (Å²) in [5.74, 6) is 4.41. The minimum Gasteiger partial charge on any atom is -0.391 e. The Hall–Kier alpha value is -4.49. The molecule has 0 aliphatic heterocycles. The summed E-state index contributed by atoms with van der Waals surface area (Å²) in [6.07, 6.45) is -1.20. The van der Waals surface area contributed by atoms with Gasteiger partial charge in [0.1, 0.15) is 6.04 Å². The molecule has 0 radical (unpaired) electrons. The molecular formula is C32H36N4O5. The predicted molar refractivity (Wildman–Crippen MR) is 157 cm³/mol. The Morgan fingerprint density at radius 1 is 0.902 bits per heavy atom.